The van der Waals surface area contributed by atoms with Gasteiger partial charge in [-0.3, -0.25) is 0 Å². The molecule has 0 saturated heterocycles. The van der Waals surface area contributed by atoms with Gasteiger partial charge in [-0.1, -0.05) is 67.6 Å². The molecule has 0 bridgehead atoms. The predicted octanol–water partition coefficient (Wildman–Crippen LogP) is 7.89. The van der Waals surface area contributed by atoms with E-state index in [-0.39, 0.29) is 5.82 Å². The third-order valence-corrected chi connectivity index (χ3v) is 7.29. The van der Waals surface area contributed by atoms with E-state index < -0.39 is 5.60 Å². The number of hydrogen-bond donors (Lipinski definition) is 1. The van der Waals surface area contributed by atoms with E-state index >= 15 is 4.39 Å². The molecule has 0 radical (unpaired) electrons. The van der Waals surface area contributed by atoms with Gasteiger partial charge >= 0.3 is 0 Å². The van der Waals surface area contributed by atoms with Gasteiger partial charge in [0.1, 0.15) is 30.5 Å². The molecule has 3 nitrogen and oxygen atoms in total. The summed E-state index contributed by atoms with van der Waals surface area (Å²) in [6, 6.07) is 27.1. The molecule has 1 aliphatic rings. The van der Waals surface area contributed by atoms with Crippen LogP contribution in [0.1, 0.15) is 54.0 Å². The van der Waals surface area contributed by atoms with Gasteiger partial charge in [-0.2, -0.15) is 0 Å². The normalized spacial score (nSPS) is 14.2. The van der Waals surface area contributed by atoms with Crippen molar-refractivity contribution in [1.82, 2.24) is 0 Å². The molecule has 1 N–H and O–H groups in total. The number of halogens is 1. The first-order valence-corrected chi connectivity index (χ1v) is 13.0. The van der Waals surface area contributed by atoms with Gasteiger partial charge in [0, 0.05) is 11.6 Å². The molecule has 0 amide bonds. The highest BCUT2D eigenvalue weighted by Crippen LogP contribution is 2.48. The fourth-order valence-corrected chi connectivity index (χ4v) is 4.92. The molecule has 37 heavy (non-hydrogen) atoms. The Kier molecular flexibility index (Phi) is 7.29. The van der Waals surface area contributed by atoms with E-state index in [1.807, 2.05) is 85.8 Å². The van der Waals surface area contributed by atoms with E-state index in [9.17, 15) is 5.11 Å². The molecule has 0 unspecified atom stereocenters. The number of aryl methyl sites for hydroxylation is 2. The van der Waals surface area contributed by atoms with E-state index in [0.29, 0.717) is 37.4 Å². The first-order chi connectivity index (χ1) is 18.0. The third-order valence-electron chi connectivity index (χ3n) is 7.29. The lowest BCUT2D eigenvalue weighted by molar-refractivity contribution is -0.0384. The van der Waals surface area contributed by atoms with Crippen molar-refractivity contribution >= 4 is 0 Å². The van der Waals surface area contributed by atoms with Gasteiger partial charge in [0.05, 0.1) is 5.60 Å². The maximum atomic E-state index is 15.6. The summed E-state index contributed by atoms with van der Waals surface area (Å²) in [7, 11) is 0. The fourth-order valence-electron chi connectivity index (χ4n) is 4.92. The van der Waals surface area contributed by atoms with Gasteiger partial charge in [0.2, 0.25) is 0 Å². The number of hydrogen-bond acceptors (Lipinski definition) is 3. The third kappa shape index (κ3) is 5.40. The topological polar surface area (TPSA) is 38.7 Å². The SMILES string of the molecule is CCc1cc(-c2cc(C)c(OCc3ccccc3)cc2F)c(C2(O)CCC2)cc1OCc1ccccc1. The second-order valence-electron chi connectivity index (χ2n) is 9.89. The van der Waals surface area contributed by atoms with Gasteiger partial charge in [-0.15, -0.1) is 0 Å². The van der Waals surface area contributed by atoms with Crippen molar-refractivity contribution in [2.75, 3.05) is 0 Å². The molecule has 1 aliphatic carbocycles. The molecular formula is C33H33FO3. The first-order valence-electron chi connectivity index (χ1n) is 13.0. The maximum absolute atomic E-state index is 15.6. The van der Waals surface area contributed by atoms with Crippen molar-refractivity contribution in [2.24, 2.45) is 0 Å². The predicted molar refractivity (Wildman–Crippen MR) is 145 cm³/mol. The van der Waals surface area contributed by atoms with Crippen LogP contribution in [0.3, 0.4) is 0 Å². The standard InChI is InChI=1S/C33H33FO3/c1-3-26-18-27(28-17-23(2)31(20-30(28)34)36-21-24-11-6-4-7-12-24)29(33(35)15-10-16-33)19-32(26)37-22-25-13-8-5-9-14-25/h4-9,11-14,17-20,35H,3,10,15-16,21-22H2,1-2H3. The highest BCUT2D eigenvalue weighted by atomic mass is 19.1. The zero-order valence-corrected chi connectivity index (χ0v) is 21.5. The van der Waals surface area contributed by atoms with E-state index in [0.717, 1.165) is 52.0 Å². The molecule has 1 fully saturated rings. The lowest BCUT2D eigenvalue weighted by atomic mass is 9.72. The molecule has 0 aliphatic heterocycles. The lowest BCUT2D eigenvalue weighted by Gasteiger charge is -2.39. The Labute approximate surface area is 218 Å². The van der Waals surface area contributed by atoms with Crippen LogP contribution in [-0.4, -0.2) is 5.11 Å². The van der Waals surface area contributed by atoms with Crippen LogP contribution in [0.5, 0.6) is 11.5 Å². The zero-order valence-electron chi connectivity index (χ0n) is 21.5. The van der Waals surface area contributed by atoms with E-state index in [1.165, 1.54) is 6.07 Å². The molecule has 4 heteroatoms. The average molecular weight is 497 g/mol. The van der Waals surface area contributed by atoms with Crippen molar-refractivity contribution in [3.8, 4) is 22.6 Å². The largest absolute Gasteiger partial charge is 0.489 e. The molecule has 0 spiro atoms. The fraction of sp³-hybridized carbons (Fsp3) is 0.273. The van der Waals surface area contributed by atoms with Crippen LogP contribution < -0.4 is 9.47 Å². The summed E-state index contributed by atoms with van der Waals surface area (Å²) in [4.78, 5) is 0. The molecule has 0 heterocycles. The quantitative estimate of drug-likeness (QED) is 0.256. The van der Waals surface area contributed by atoms with Gasteiger partial charge in [-0.25, -0.2) is 4.39 Å². The van der Waals surface area contributed by atoms with Crippen molar-refractivity contribution in [3.05, 3.63) is 119 Å². The highest BCUT2D eigenvalue weighted by molar-refractivity contribution is 5.73. The number of aliphatic hydroxyl groups is 1. The monoisotopic (exact) mass is 496 g/mol. The Morgan fingerprint density at radius 2 is 1.38 bits per heavy atom. The lowest BCUT2D eigenvalue weighted by Crippen LogP contribution is -2.34. The molecule has 1 saturated carbocycles. The summed E-state index contributed by atoms with van der Waals surface area (Å²) in [5.74, 6) is 0.899. The average Bonchev–Trinajstić information content (AvgIpc) is 2.91. The summed E-state index contributed by atoms with van der Waals surface area (Å²) in [6.45, 7) is 4.80. The van der Waals surface area contributed by atoms with E-state index in [1.54, 1.807) is 0 Å². The van der Waals surface area contributed by atoms with Crippen LogP contribution >= 0.6 is 0 Å². The minimum absolute atomic E-state index is 0.363. The van der Waals surface area contributed by atoms with Crippen molar-refractivity contribution in [2.45, 2.75) is 58.3 Å². The number of ether oxygens (including phenoxy) is 2. The molecule has 0 aromatic heterocycles. The highest BCUT2D eigenvalue weighted by Gasteiger charge is 2.39. The summed E-state index contributed by atoms with van der Waals surface area (Å²) in [5, 5.41) is 11.4. The van der Waals surface area contributed by atoms with Gasteiger partial charge in [-0.05, 0) is 84.2 Å². The smallest absolute Gasteiger partial charge is 0.134 e. The zero-order chi connectivity index (χ0) is 25.8. The maximum Gasteiger partial charge on any atom is 0.134 e. The molecule has 190 valence electrons. The minimum Gasteiger partial charge on any atom is -0.489 e. The Morgan fingerprint density at radius 1 is 0.784 bits per heavy atom. The summed E-state index contributed by atoms with van der Waals surface area (Å²) in [5.41, 5.74) is 4.89. The van der Waals surface area contributed by atoms with Crippen molar-refractivity contribution < 1.29 is 19.0 Å². The molecule has 5 rings (SSSR count). The summed E-state index contributed by atoms with van der Waals surface area (Å²) >= 11 is 0. The van der Waals surface area contributed by atoms with Gasteiger partial charge < -0.3 is 14.6 Å². The Morgan fingerprint density at radius 3 is 1.92 bits per heavy atom. The first kappa shape index (κ1) is 25.0. The second-order valence-corrected chi connectivity index (χ2v) is 9.89. The number of benzene rings is 4. The molecule has 4 aromatic rings. The molecular weight excluding hydrogens is 463 g/mol. The van der Waals surface area contributed by atoms with Crippen molar-refractivity contribution in [1.29, 1.82) is 0 Å². The Hall–Kier alpha value is -3.63. The van der Waals surface area contributed by atoms with Crippen LogP contribution in [-0.2, 0) is 25.2 Å². The van der Waals surface area contributed by atoms with Crippen LogP contribution in [0.4, 0.5) is 4.39 Å². The second kappa shape index (κ2) is 10.8. The van der Waals surface area contributed by atoms with Gasteiger partial charge in [0.15, 0.2) is 0 Å². The minimum atomic E-state index is -0.977. The van der Waals surface area contributed by atoms with Gasteiger partial charge in [0.25, 0.3) is 0 Å². The van der Waals surface area contributed by atoms with Crippen molar-refractivity contribution in [3.63, 3.8) is 0 Å². The Bertz CT molecular complexity index is 1360. The summed E-state index contributed by atoms with van der Waals surface area (Å²) in [6.07, 6.45) is 2.99. The van der Waals surface area contributed by atoms with Crippen LogP contribution in [0, 0.1) is 12.7 Å². The van der Waals surface area contributed by atoms with Crippen LogP contribution in [0.2, 0.25) is 0 Å². The van der Waals surface area contributed by atoms with E-state index in [4.69, 9.17) is 9.47 Å². The van der Waals surface area contributed by atoms with Crippen LogP contribution in [0.25, 0.3) is 11.1 Å². The number of rotatable bonds is 9. The summed E-state index contributed by atoms with van der Waals surface area (Å²) < 4.78 is 27.8. The van der Waals surface area contributed by atoms with E-state index in [2.05, 4.69) is 6.92 Å². The molecule has 4 aromatic carbocycles. The van der Waals surface area contributed by atoms with Crippen LogP contribution in [0.15, 0.2) is 84.9 Å². The molecule has 0 atom stereocenters. The Balaban J connectivity index is 1.50.